The highest BCUT2D eigenvalue weighted by Gasteiger charge is 2.15. The van der Waals surface area contributed by atoms with Crippen LogP contribution in [-0.2, 0) is 6.54 Å². The highest BCUT2D eigenvalue weighted by molar-refractivity contribution is 7.10. The summed E-state index contributed by atoms with van der Waals surface area (Å²) in [5, 5.41) is 8.79. The summed E-state index contributed by atoms with van der Waals surface area (Å²) in [6, 6.07) is 24.3. The molecule has 28 heavy (non-hydrogen) atoms. The average molecular weight is 389 g/mol. The predicted molar refractivity (Wildman–Crippen MR) is 113 cm³/mol. The van der Waals surface area contributed by atoms with Crippen molar-refractivity contribution >= 4 is 28.9 Å². The summed E-state index contributed by atoms with van der Waals surface area (Å²) in [6.45, 7) is 0.466. The number of hydrogen-bond donors (Lipinski definition) is 3. The molecular formula is C21H20N6S. The molecule has 140 valence electrons. The molecule has 0 fully saturated rings. The van der Waals surface area contributed by atoms with E-state index in [2.05, 4.69) is 55.2 Å². The summed E-state index contributed by atoms with van der Waals surface area (Å²) in [7, 11) is 0. The van der Waals surface area contributed by atoms with Gasteiger partial charge in [0.2, 0.25) is 11.9 Å². The van der Waals surface area contributed by atoms with E-state index >= 15 is 0 Å². The topological polar surface area (TPSA) is 88.8 Å². The zero-order chi connectivity index (χ0) is 19.2. The molecule has 2 aromatic carbocycles. The molecule has 0 saturated carbocycles. The van der Waals surface area contributed by atoms with Crippen molar-refractivity contribution in [1.29, 1.82) is 0 Å². The van der Waals surface area contributed by atoms with E-state index in [0.717, 1.165) is 5.69 Å². The summed E-state index contributed by atoms with van der Waals surface area (Å²) in [5.41, 5.74) is 7.98. The van der Waals surface area contributed by atoms with Crippen molar-refractivity contribution in [2.75, 3.05) is 11.1 Å². The van der Waals surface area contributed by atoms with Gasteiger partial charge in [0, 0.05) is 10.6 Å². The molecule has 2 heterocycles. The Balaban J connectivity index is 1.53. The van der Waals surface area contributed by atoms with E-state index in [0.29, 0.717) is 18.3 Å². The first-order chi connectivity index (χ1) is 13.8. The molecule has 2 aromatic heterocycles. The number of para-hydroxylation sites is 1. The van der Waals surface area contributed by atoms with Crippen LogP contribution in [0.25, 0.3) is 0 Å². The quantitative estimate of drug-likeness (QED) is 0.441. The van der Waals surface area contributed by atoms with Gasteiger partial charge in [-0.3, -0.25) is 5.32 Å². The SMILES string of the molecule is Nc1nc(CN[C@H](c2ccccc2)c2cccs2)nc(Nc2ccccc2)n1. The van der Waals surface area contributed by atoms with Crippen molar-refractivity contribution in [3.05, 3.63) is 94.4 Å². The molecule has 0 spiro atoms. The molecule has 0 saturated heterocycles. The van der Waals surface area contributed by atoms with Gasteiger partial charge in [-0.05, 0) is 29.1 Å². The number of aromatic nitrogens is 3. The first-order valence-corrected chi connectivity index (χ1v) is 9.80. The molecule has 7 heteroatoms. The zero-order valence-electron chi connectivity index (χ0n) is 15.1. The molecule has 0 radical (unpaired) electrons. The third-order valence-corrected chi connectivity index (χ3v) is 5.09. The van der Waals surface area contributed by atoms with Crippen LogP contribution in [0.5, 0.6) is 0 Å². The molecule has 6 nitrogen and oxygen atoms in total. The Labute approximate surface area is 167 Å². The lowest BCUT2D eigenvalue weighted by atomic mass is 10.1. The number of thiophene rings is 1. The first kappa shape index (κ1) is 18.1. The van der Waals surface area contributed by atoms with E-state index in [1.165, 1.54) is 10.4 Å². The number of nitrogens with two attached hydrogens (primary N) is 1. The van der Waals surface area contributed by atoms with Crippen molar-refractivity contribution in [2.45, 2.75) is 12.6 Å². The maximum atomic E-state index is 5.90. The number of nitrogen functional groups attached to an aromatic ring is 1. The van der Waals surface area contributed by atoms with E-state index in [-0.39, 0.29) is 12.0 Å². The van der Waals surface area contributed by atoms with Crippen molar-refractivity contribution in [1.82, 2.24) is 20.3 Å². The van der Waals surface area contributed by atoms with Crippen molar-refractivity contribution in [3.8, 4) is 0 Å². The summed E-state index contributed by atoms with van der Waals surface area (Å²) >= 11 is 1.72. The molecule has 0 amide bonds. The molecule has 4 aromatic rings. The number of rotatable bonds is 7. The van der Waals surface area contributed by atoms with Gasteiger partial charge in [-0.2, -0.15) is 15.0 Å². The van der Waals surface area contributed by atoms with Crippen LogP contribution < -0.4 is 16.4 Å². The van der Waals surface area contributed by atoms with Crippen molar-refractivity contribution in [2.24, 2.45) is 0 Å². The molecule has 4 N–H and O–H groups in total. The van der Waals surface area contributed by atoms with Gasteiger partial charge in [0.15, 0.2) is 0 Å². The Morgan fingerprint density at radius 2 is 1.61 bits per heavy atom. The van der Waals surface area contributed by atoms with Crippen LogP contribution in [0.1, 0.15) is 22.3 Å². The van der Waals surface area contributed by atoms with Crippen molar-refractivity contribution < 1.29 is 0 Å². The van der Waals surface area contributed by atoms with Crippen LogP contribution in [0.4, 0.5) is 17.6 Å². The van der Waals surface area contributed by atoms with Crippen molar-refractivity contribution in [3.63, 3.8) is 0 Å². The third kappa shape index (κ3) is 4.51. The van der Waals surface area contributed by atoms with Gasteiger partial charge in [0.25, 0.3) is 0 Å². The second-order valence-electron chi connectivity index (χ2n) is 6.16. The summed E-state index contributed by atoms with van der Waals surface area (Å²) < 4.78 is 0. The maximum Gasteiger partial charge on any atom is 0.232 e. The largest absolute Gasteiger partial charge is 0.368 e. The number of hydrogen-bond acceptors (Lipinski definition) is 7. The minimum atomic E-state index is 0.0599. The van der Waals surface area contributed by atoms with Crippen LogP contribution in [-0.4, -0.2) is 15.0 Å². The minimum Gasteiger partial charge on any atom is -0.368 e. The number of anilines is 3. The normalized spacial score (nSPS) is 11.9. The fourth-order valence-corrected chi connectivity index (χ4v) is 3.73. The standard InChI is InChI=1S/C21H20N6S/c22-20-25-18(26-21(27-20)24-16-10-5-2-6-11-16)14-23-19(17-12-7-13-28-17)15-8-3-1-4-9-15/h1-13,19,23H,14H2,(H3,22,24,25,26,27)/t19-/m1/s1. The molecule has 0 aliphatic heterocycles. The van der Waals surface area contributed by atoms with E-state index < -0.39 is 0 Å². The molecule has 0 bridgehead atoms. The van der Waals surface area contributed by atoms with Gasteiger partial charge < -0.3 is 11.1 Å². The van der Waals surface area contributed by atoms with E-state index in [9.17, 15) is 0 Å². The Hall–Kier alpha value is -3.29. The maximum absolute atomic E-state index is 5.90. The average Bonchev–Trinajstić information content (AvgIpc) is 3.24. The summed E-state index contributed by atoms with van der Waals surface area (Å²) in [5.74, 6) is 1.21. The van der Waals surface area contributed by atoms with Gasteiger partial charge in [-0.1, -0.05) is 54.6 Å². The highest BCUT2D eigenvalue weighted by atomic mass is 32.1. The fourth-order valence-electron chi connectivity index (χ4n) is 2.90. The first-order valence-electron chi connectivity index (χ1n) is 8.92. The molecule has 0 unspecified atom stereocenters. The molecule has 0 aliphatic carbocycles. The molecule has 0 aliphatic rings. The van der Waals surface area contributed by atoms with E-state index in [4.69, 9.17) is 5.73 Å². The Morgan fingerprint density at radius 1 is 0.857 bits per heavy atom. The number of nitrogens with zero attached hydrogens (tertiary/aromatic N) is 3. The number of nitrogens with one attached hydrogen (secondary N) is 2. The monoisotopic (exact) mass is 388 g/mol. The van der Waals surface area contributed by atoms with Gasteiger partial charge in [0.05, 0.1) is 12.6 Å². The number of benzene rings is 2. The predicted octanol–water partition coefficient (Wildman–Crippen LogP) is 4.14. The summed E-state index contributed by atoms with van der Waals surface area (Å²) in [4.78, 5) is 14.2. The summed E-state index contributed by atoms with van der Waals surface area (Å²) in [6.07, 6.45) is 0. The highest BCUT2D eigenvalue weighted by Crippen LogP contribution is 2.26. The smallest absolute Gasteiger partial charge is 0.232 e. The van der Waals surface area contributed by atoms with Gasteiger partial charge >= 0.3 is 0 Å². The Morgan fingerprint density at radius 3 is 2.32 bits per heavy atom. The lowest BCUT2D eigenvalue weighted by Crippen LogP contribution is -2.23. The van der Waals surface area contributed by atoms with Crippen LogP contribution in [0, 0.1) is 0 Å². The molecular weight excluding hydrogens is 368 g/mol. The van der Waals surface area contributed by atoms with Crippen LogP contribution in [0.15, 0.2) is 78.2 Å². The fraction of sp³-hybridized carbons (Fsp3) is 0.0952. The molecule has 1 atom stereocenters. The van der Waals surface area contributed by atoms with Crippen LogP contribution in [0.3, 0.4) is 0 Å². The Bertz CT molecular complexity index is 1010. The van der Waals surface area contributed by atoms with Crippen LogP contribution >= 0.6 is 11.3 Å². The second kappa shape index (κ2) is 8.60. The second-order valence-corrected chi connectivity index (χ2v) is 7.14. The lowest BCUT2D eigenvalue weighted by molar-refractivity contribution is 0.593. The minimum absolute atomic E-state index is 0.0599. The van der Waals surface area contributed by atoms with Crippen LogP contribution in [0.2, 0.25) is 0 Å². The van der Waals surface area contributed by atoms with Gasteiger partial charge in [-0.15, -0.1) is 11.3 Å². The van der Waals surface area contributed by atoms with Gasteiger partial charge in [-0.25, -0.2) is 0 Å². The third-order valence-electron chi connectivity index (χ3n) is 4.15. The van der Waals surface area contributed by atoms with E-state index in [1.54, 1.807) is 11.3 Å². The Kier molecular flexibility index (Phi) is 5.56. The lowest BCUT2D eigenvalue weighted by Gasteiger charge is -2.18. The molecule has 4 rings (SSSR count). The van der Waals surface area contributed by atoms with E-state index in [1.807, 2.05) is 48.5 Å². The zero-order valence-corrected chi connectivity index (χ0v) is 15.9. The van der Waals surface area contributed by atoms with Gasteiger partial charge in [0.1, 0.15) is 5.82 Å².